The summed E-state index contributed by atoms with van der Waals surface area (Å²) in [7, 11) is -2.24. The lowest BCUT2D eigenvalue weighted by molar-refractivity contribution is 0.180. The van der Waals surface area contributed by atoms with Gasteiger partial charge in [0.05, 0.1) is 17.2 Å². The molecule has 27 heavy (non-hydrogen) atoms. The number of hydrogen-bond donors (Lipinski definition) is 0. The number of hydrogen-bond acceptors (Lipinski definition) is 4. The molecule has 0 N–H and O–H groups in total. The fourth-order valence-corrected chi connectivity index (χ4v) is 5.61. The topological polar surface area (TPSA) is 49.9 Å². The molecule has 5 nitrogen and oxygen atoms in total. The smallest absolute Gasteiger partial charge is 0.246 e. The molecular weight excluding hydrogens is 414 g/mol. The first-order valence-corrected chi connectivity index (χ1v) is 10.5. The first-order valence-electron chi connectivity index (χ1n) is 8.32. The number of ether oxygens (including phenoxy) is 1. The molecule has 1 aliphatic rings. The summed E-state index contributed by atoms with van der Waals surface area (Å²) in [6, 6.07) is 8.99. The van der Waals surface area contributed by atoms with Gasteiger partial charge in [0.2, 0.25) is 10.0 Å². The Morgan fingerprint density at radius 3 is 2.30 bits per heavy atom. The number of nitrogens with zero attached hydrogens (tertiary/aromatic N) is 2. The summed E-state index contributed by atoms with van der Waals surface area (Å²) < 4.78 is 46.0. The second-order valence-corrected chi connectivity index (χ2v) is 8.88. The zero-order chi connectivity index (χ0) is 19.6. The predicted octanol–water partition coefficient (Wildman–Crippen LogP) is 3.65. The van der Waals surface area contributed by atoms with Gasteiger partial charge in [-0.1, -0.05) is 29.3 Å². The van der Waals surface area contributed by atoms with Gasteiger partial charge in [-0.15, -0.1) is 0 Å². The Hall–Kier alpha value is -1.38. The molecule has 0 bridgehead atoms. The molecule has 1 saturated heterocycles. The Bertz CT molecular complexity index is 912. The van der Waals surface area contributed by atoms with Crippen molar-refractivity contribution < 1.29 is 17.5 Å². The maximum atomic E-state index is 13.5. The van der Waals surface area contributed by atoms with E-state index in [4.69, 9.17) is 27.9 Å². The SMILES string of the molecule is COc1ccc(F)cc1CN1CCN(S(=O)(=O)c2c(Cl)cccc2Cl)CC1. The maximum Gasteiger partial charge on any atom is 0.246 e. The van der Waals surface area contributed by atoms with Crippen LogP contribution in [0.25, 0.3) is 0 Å². The third-order valence-electron chi connectivity index (χ3n) is 4.48. The van der Waals surface area contributed by atoms with Gasteiger partial charge < -0.3 is 4.74 Å². The van der Waals surface area contributed by atoms with Gasteiger partial charge in [0.1, 0.15) is 16.5 Å². The van der Waals surface area contributed by atoms with Crippen LogP contribution in [-0.4, -0.2) is 50.9 Å². The molecule has 1 aliphatic heterocycles. The lowest BCUT2D eigenvalue weighted by Gasteiger charge is -2.34. The van der Waals surface area contributed by atoms with Crippen molar-refractivity contribution in [3.8, 4) is 5.75 Å². The van der Waals surface area contributed by atoms with Crippen LogP contribution in [0, 0.1) is 5.82 Å². The highest BCUT2D eigenvalue weighted by Crippen LogP contribution is 2.32. The molecule has 2 aromatic carbocycles. The molecule has 0 radical (unpaired) electrons. The molecule has 146 valence electrons. The summed E-state index contributed by atoms with van der Waals surface area (Å²) >= 11 is 12.1. The second-order valence-electron chi connectivity index (χ2n) is 6.19. The van der Waals surface area contributed by atoms with E-state index in [1.165, 1.54) is 35.7 Å². The van der Waals surface area contributed by atoms with Gasteiger partial charge in [-0.2, -0.15) is 4.31 Å². The molecule has 0 aliphatic carbocycles. The fourth-order valence-electron chi connectivity index (χ4n) is 3.10. The first kappa shape index (κ1) is 20.4. The molecule has 0 amide bonds. The number of rotatable bonds is 5. The van der Waals surface area contributed by atoms with Crippen molar-refractivity contribution in [2.45, 2.75) is 11.4 Å². The van der Waals surface area contributed by atoms with Gasteiger partial charge in [-0.05, 0) is 30.3 Å². The van der Waals surface area contributed by atoms with Crippen molar-refractivity contribution in [1.29, 1.82) is 0 Å². The minimum absolute atomic E-state index is 0.0615. The van der Waals surface area contributed by atoms with Crippen molar-refractivity contribution >= 4 is 33.2 Å². The summed E-state index contributed by atoms with van der Waals surface area (Å²) in [5.41, 5.74) is 0.725. The van der Waals surface area contributed by atoms with Crippen molar-refractivity contribution in [3.63, 3.8) is 0 Å². The van der Waals surface area contributed by atoms with E-state index < -0.39 is 10.0 Å². The lowest BCUT2D eigenvalue weighted by atomic mass is 10.1. The number of piperazine rings is 1. The summed E-state index contributed by atoms with van der Waals surface area (Å²) in [6.45, 7) is 2.06. The van der Waals surface area contributed by atoms with Gasteiger partial charge in [-0.25, -0.2) is 12.8 Å². The number of benzene rings is 2. The van der Waals surface area contributed by atoms with Crippen LogP contribution < -0.4 is 4.74 Å². The van der Waals surface area contributed by atoms with E-state index in [2.05, 4.69) is 4.90 Å². The highest BCUT2D eigenvalue weighted by Gasteiger charge is 2.32. The van der Waals surface area contributed by atoms with Gasteiger partial charge in [0.25, 0.3) is 0 Å². The first-order chi connectivity index (χ1) is 12.8. The highest BCUT2D eigenvalue weighted by molar-refractivity contribution is 7.89. The summed E-state index contributed by atoms with van der Waals surface area (Å²) in [6.07, 6.45) is 0. The molecule has 2 aromatic rings. The van der Waals surface area contributed by atoms with Gasteiger partial charge in [0.15, 0.2) is 0 Å². The normalized spacial score (nSPS) is 16.4. The zero-order valence-corrected chi connectivity index (χ0v) is 17.0. The molecule has 0 spiro atoms. The van der Waals surface area contributed by atoms with E-state index in [-0.39, 0.29) is 20.8 Å². The van der Waals surface area contributed by atoms with E-state index in [1.807, 2.05) is 0 Å². The van der Waals surface area contributed by atoms with Gasteiger partial charge in [0, 0.05) is 38.3 Å². The Morgan fingerprint density at radius 2 is 1.70 bits per heavy atom. The second kappa shape index (κ2) is 8.32. The van der Waals surface area contributed by atoms with Crippen molar-refractivity contribution in [1.82, 2.24) is 9.21 Å². The van der Waals surface area contributed by atoms with E-state index in [1.54, 1.807) is 12.1 Å². The number of methoxy groups -OCH3 is 1. The molecule has 0 saturated carbocycles. The summed E-state index contributed by atoms with van der Waals surface area (Å²) in [5.74, 6) is 0.273. The molecule has 0 unspecified atom stereocenters. The minimum Gasteiger partial charge on any atom is -0.496 e. The fraction of sp³-hybridized carbons (Fsp3) is 0.333. The Balaban J connectivity index is 1.71. The van der Waals surface area contributed by atoms with Crippen LogP contribution in [0.5, 0.6) is 5.75 Å². The predicted molar refractivity (Wildman–Crippen MR) is 103 cm³/mol. The standard InChI is InChI=1S/C18H19Cl2FN2O3S/c1-26-17-6-5-14(21)11-13(17)12-22-7-9-23(10-8-22)27(24,25)18-15(19)3-2-4-16(18)20/h2-6,11H,7-10,12H2,1H3. The number of halogens is 3. The molecule has 9 heteroatoms. The average molecular weight is 433 g/mol. The maximum absolute atomic E-state index is 13.5. The molecule has 0 aromatic heterocycles. The Labute approximate surface area is 168 Å². The monoisotopic (exact) mass is 432 g/mol. The molecule has 1 heterocycles. The zero-order valence-electron chi connectivity index (χ0n) is 14.7. The van der Waals surface area contributed by atoms with Crippen molar-refractivity contribution in [2.75, 3.05) is 33.3 Å². The largest absolute Gasteiger partial charge is 0.496 e. The molecular formula is C18H19Cl2FN2O3S. The van der Waals surface area contributed by atoms with Crippen LogP contribution >= 0.6 is 23.2 Å². The third kappa shape index (κ3) is 4.38. The Morgan fingerprint density at radius 1 is 1.07 bits per heavy atom. The summed E-state index contributed by atoms with van der Waals surface area (Å²) in [4.78, 5) is 1.99. The quantitative estimate of drug-likeness (QED) is 0.723. The van der Waals surface area contributed by atoms with Crippen LogP contribution in [0.1, 0.15) is 5.56 Å². The number of sulfonamides is 1. The van der Waals surface area contributed by atoms with Gasteiger partial charge >= 0.3 is 0 Å². The van der Waals surface area contributed by atoms with Crippen LogP contribution in [0.15, 0.2) is 41.3 Å². The molecule has 3 rings (SSSR count). The summed E-state index contributed by atoms with van der Waals surface area (Å²) in [5, 5.41) is 0.212. The van der Waals surface area contributed by atoms with E-state index in [9.17, 15) is 12.8 Å². The molecule has 1 fully saturated rings. The van der Waals surface area contributed by atoms with E-state index >= 15 is 0 Å². The van der Waals surface area contributed by atoms with Crippen LogP contribution in [0.3, 0.4) is 0 Å². The lowest BCUT2D eigenvalue weighted by Crippen LogP contribution is -2.48. The average Bonchev–Trinajstić information content (AvgIpc) is 2.62. The minimum atomic E-state index is -3.78. The van der Waals surface area contributed by atoms with E-state index in [0.717, 1.165) is 5.56 Å². The van der Waals surface area contributed by atoms with Crippen molar-refractivity contribution in [3.05, 3.63) is 57.8 Å². The highest BCUT2D eigenvalue weighted by atomic mass is 35.5. The van der Waals surface area contributed by atoms with Crippen LogP contribution in [-0.2, 0) is 16.6 Å². The molecule has 0 atom stereocenters. The van der Waals surface area contributed by atoms with Crippen LogP contribution in [0.4, 0.5) is 4.39 Å². The van der Waals surface area contributed by atoms with Gasteiger partial charge in [-0.3, -0.25) is 4.90 Å². The van der Waals surface area contributed by atoms with E-state index in [0.29, 0.717) is 38.5 Å². The van der Waals surface area contributed by atoms with Crippen molar-refractivity contribution in [2.24, 2.45) is 0 Å². The third-order valence-corrected chi connectivity index (χ3v) is 7.34. The van der Waals surface area contributed by atoms with Crippen LogP contribution in [0.2, 0.25) is 10.0 Å². The Kier molecular flexibility index (Phi) is 6.28.